The normalized spacial score (nSPS) is 21.9. The Morgan fingerprint density at radius 3 is 2.13 bits per heavy atom. The zero-order valence-corrected chi connectivity index (χ0v) is 13.1. The predicted molar refractivity (Wildman–Crippen MR) is 77.9 cm³/mol. The summed E-state index contributed by atoms with van der Waals surface area (Å²) >= 11 is 0. The summed E-state index contributed by atoms with van der Waals surface area (Å²) in [5.41, 5.74) is 0. The number of rotatable bonds is 6. The zero-order chi connectivity index (χ0) is 16.9. The highest BCUT2D eigenvalue weighted by molar-refractivity contribution is 5.76. The van der Waals surface area contributed by atoms with Crippen LogP contribution in [0.1, 0.15) is 6.42 Å². The van der Waals surface area contributed by atoms with Crippen molar-refractivity contribution in [3.8, 4) is 0 Å². The lowest BCUT2D eigenvalue weighted by Crippen LogP contribution is -2.52. The first-order valence-corrected chi connectivity index (χ1v) is 7.97. The molecule has 23 heavy (non-hydrogen) atoms. The van der Waals surface area contributed by atoms with Gasteiger partial charge in [0.1, 0.15) is 0 Å². The molecule has 0 aromatic carbocycles. The first-order chi connectivity index (χ1) is 10.9. The number of nitrogens with one attached hydrogen (secondary N) is 1. The van der Waals surface area contributed by atoms with E-state index in [0.717, 1.165) is 26.2 Å². The van der Waals surface area contributed by atoms with Gasteiger partial charge in [0.25, 0.3) is 0 Å². The molecule has 0 saturated carbocycles. The Balaban J connectivity index is 1.65. The van der Waals surface area contributed by atoms with E-state index in [0.29, 0.717) is 39.1 Å². The van der Waals surface area contributed by atoms with E-state index in [-0.39, 0.29) is 5.91 Å². The van der Waals surface area contributed by atoms with E-state index in [1.165, 1.54) is 4.90 Å². The van der Waals surface area contributed by atoms with Gasteiger partial charge >= 0.3 is 12.3 Å². The Hall–Kier alpha value is -0.930. The molecular weight excluding hydrogens is 316 g/mol. The van der Waals surface area contributed by atoms with Crippen LogP contribution in [0.5, 0.6) is 0 Å². The number of hydrogen-bond donors (Lipinski definition) is 1. The van der Waals surface area contributed by atoms with Crippen molar-refractivity contribution in [1.82, 2.24) is 20.0 Å². The molecule has 2 aliphatic rings. The molecule has 0 aliphatic carbocycles. The maximum absolute atomic E-state index is 13.0. The number of piperazine rings is 2. The van der Waals surface area contributed by atoms with Gasteiger partial charge in [-0.25, -0.2) is 8.78 Å². The van der Waals surface area contributed by atoms with Crippen LogP contribution in [0.3, 0.4) is 0 Å². The van der Waals surface area contributed by atoms with E-state index < -0.39 is 18.9 Å². The Morgan fingerprint density at radius 1 is 1.00 bits per heavy atom. The largest absolute Gasteiger partial charge is 0.340 e. The predicted octanol–water partition coefficient (Wildman–Crippen LogP) is 0.326. The molecule has 0 aromatic rings. The van der Waals surface area contributed by atoms with Crippen LogP contribution in [-0.4, -0.2) is 98.4 Å². The third kappa shape index (κ3) is 5.58. The zero-order valence-electron chi connectivity index (χ0n) is 13.1. The Bertz CT molecular complexity index is 383. The van der Waals surface area contributed by atoms with E-state index in [4.69, 9.17) is 0 Å². The summed E-state index contributed by atoms with van der Waals surface area (Å²) in [4.78, 5) is 17.3. The number of alkyl halides is 4. The number of carbonyl (C=O) groups excluding carboxylic acids is 1. The van der Waals surface area contributed by atoms with Crippen molar-refractivity contribution in [2.24, 2.45) is 0 Å². The van der Waals surface area contributed by atoms with Gasteiger partial charge in [0.2, 0.25) is 5.91 Å². The molecule has 2 saturated heterocycles. The Kier molecular flexibility index (Phi) is 6.60. The van der Waals surface area contributed by atoms with Crippen molar-refractivity contribution in [3.05, 3.63) is 0 Å². The molecule has 2 aliphatic heterocycles. The fraction of sp³-hybridized carbons (Fsp3) is 0.929. The summed E-state index contributed by atoms with van der Waals surface area (Å²) < 4.78 is 50.4. The van der Waals surface area contributed by atoms with Crippen molar-refractivity contribution >= 4 is 5.91 Å². The van der Waals surface area contributed by atoms with Crippen molar-refractivity contribution in [1.29, 1.82) is 0 Å². The van der Waals surface area contributed by atoms with Gasteiger partial charge in [-0.2, -0.15) is 8.78 Å². The minimum atomic E-state index is -3.96. The average Bonchev–Trinajstić information content (AvgIpc) is 2.54. The summed E-state index contributed by atoms with van der Waals surface area (Å²) in [6.07, 6.45) is -3.22. The number of nitrogens with zero attached hydrogens (tertiary/aromatic N) is 3. The first-order valence-electron chi connectivity index (χ1n) is 7.97. The lowest BCUT2D eigenvalue weighted by atomic mass is 10.2. The van der Waals surface area contributed by atoms with Gasteiger partial charge in [-0.05, 0) is 0 Å². The summed E-state index contributed by atoms with van der Waals surface area (Å²) in [7, 11) is 0. The van der Waals surface area contributed by atoms with Crippen LogP contribution >= 0.6 is 0 Å². The highest BCUT2D eigenvalue weighted by atomic mass is 19.3. The van der Waals surface area contributed by atoms with E-state index in [9.17, 15) is 22.4 Å². The Morgan fingerprint density at radius 2 is 1.57 bits per heavy atom. The van der Waals surface area contributed by atoms with Crippen LogP contribution in [0.15, 0.2) is 0 Å². The SMILES string of the molecule is O=C(CCN1CCN(CC(F)(F)C(F)F)CC1)N1CCNCC1. The first kappa shape index (κ1) is 18.4. The molecule has 0 unspecified atom stereocenters. The van der Waals surface area contributed by atoms with Crippen LogP contribution in [0.2, 0.25) is 0 Å². The molecular formula is C14H24F4N4O. The molecule has 0 atom stereocenters. The number of amides is 1. The smallest absolute Gasteiger partial charge is 0.319 e. The van der Waals surface area contributed by atoms with Crippen molar-refractivity contribution in [2.45, 2.75) is 18.8 Å². The summed E-state index contributed by atoms with van der Waals surface area (Å²) in [6.45, 7) is 4.42. The van der Waals surface area contributed by atoms with Crippen LogP contribution in [0.25, 0.3) is 0 Å². The van der Waals surface area contributed by atoms with Gasteiger partial charge in [-0.15, -0.1) is 0 Å². The molecule has 9 heteroatoms. The molecule has 1 amide bonds. The minimum Gasteiger partial charge on any atom is -0.340 e. The fourth-order valence-corrected chi connectivity index (χ4v) is 2.86. The lowest BCUT2D eigenvalue weighted by molar-refractivity contribution is -0.145. The van der Waals surface area contributed by atoms with Crippen molar-refractivity contribution in [3.63, 3.8) is 0 Å². The quantitative estimate of drug-likeness (QED) is 0.707. The van der Waals surface area contributed by atoms with Gasteiger partial charge in [0, 0.05) is 65.3 Å². The molecule has 2 heterocycles. The molecule has 0 aromatic heterocycles. The molecule has 1 N–H and O–H groups in total. The van der Waals surface area contributed by atoms with E-state index in [1.807, 2.05) is 9.80 Å². The van der Waals surface area contributed by atoms with Crippen LogP contribution < -0.4 is 5.32 Å². The van der Waals surface area contributed by atoms with Gasteiger partial charge in [0.15, 0.2) is 0 Å². The van der Waals surface area contributed by atoms with Crippen molar-refractivity contribution < 1.29 is 22.4 Å². The van der Waals surface area contributed by atoms with Gasteiger partial charge in [-0.1, -0.05) is 0 Å². The second-order valence-electron chi connectivity index (χ2n) is 6.06. The third-order valence-electron chi connectivity index (χ3n) is 4.33. The maximum atomic E-state index is 13.0. The second-order valence-corrected chi connectivity index (χ2v) is 6.06. The van der Waals surface area contributed by atoms with Gasteiger partial charge in [-0.3, -0.25) is 9.69 Å². The number of halogens is 4. The molecule has 134 valence electrons. The molecule has 0 bridgehead atoms. The maximum Gasteiger partial charge on any atom is 0.319 e. The second kappa shape index (κ2) is 8.25. The topological polar surface area (TPSA) is 38.8 Å². The van der Waals surface area contributed by atoms with Gasteiger partial charge in [0.05, 0.1) is 6.54 Å². The molecule has 0 spiro atoms. The van der Waals surface area contributed by atoms with Crippen molar-refractivity contribution in [2.75, 3.05) is 65.4 Å². The highest BCUT2D eigenvalue weighted by Gasteiger charge is 2.42. The minimum absolute atomic E-state index is 0.109. The van der Waals surface area contributed by atoms with Crippen LogP contribution in [-0.2, 0) is 4.79 Å². The molecule has 2 fully saturated rings. The average molecular weight is 340 g/mol. The fourth-order valence-electron chi connectivity index (χ4n) is 2.86. The summed E-state index contributed by atoms with van der Waals surface area (Å²) in [5, 5.41) is 3.18. The lowest BCUT2D eigenvalue weighted by Gasteiger charge is -2.36. The van der Waals surface area contributed by atoms with E-state index >= 15 is 0 Å². The summed E-state index contributed by atoms with van der Waals surface area (Å²) in [6, 6.07) is 0. The number of hydrogen-bond acceptors (Lipinski definition) is 4. The van der Waals surface area contributed by atoms with Crippen LogP contribution in [0, 0.1) is 0 Å². The Labute approximate surface area is 133 Å². The molecule has 2 rings (SSSR count). The highest BCUT2D eigenvalue weighted by Crippen LogP contribution is 2.24. The van der Waals surface area contributed by atoms with Crippen LogP contribution in [0.4, 0.5) is 17.6 Å². The third-order valence-corrected chi connectivity index (χ3v) is 4.33. The van der Waals surface area contributed by atoms with Gasteiger partial charge < -0.3 is 15.1 Å². The standard InChI is InChI=1S/C14H24F4N4O/c15-13(16)14(17,18)11-21-9-7-20(8-10-21)4-1-12(23)22-5-2-19-3-6-22/h13,19H,1-11H2. The molecule has 5 nitrogen and oxygen atoms in total. The van der Waals surface area contributed by atoms with E-state index in [1.54, 1.807) is 0 Å². The molecule has 0 radical (unpaired) electrons. The number of carbonyl (C=O) groups is 1. The monoisotopic (exact) mass is 340 g/mol. The van der Waals surface area contributed by atoms with E-state index in [2.05, 4.69) is 5.32 Å². The summed E-state index contributed by atoms with van der Waals surface area (Å²) in [5.74, 6) is -3.85.